The molecule has 2 unspecified atom stereocenters. The van der Waals surface area contributed by atoms with E-state index in [0.29, 0.717) is 5.56 Å². The van der Waals surface area contributed by atoms with E-state index in [1.165, 1.54) is 4.31 Å². The first-order chi connectivity index (χ1) is 9.23. The first-order valence-electron chi connectivity index (χ1n) is 6.20. The summed E-state index contributed by atoms with van der Waals surface area (Å²) < 4.78 is 32.2. The quantitative estimate of drug-likeness (QED) is 0.914. The number of thiophene rings is 1. The number of aryl methyl sites for hydroxylation is 1. The molecule has 0 spiro atoms. The van der Waals surface area contributed by atoms with E-state index in [4.69, 9.17) is 9.84 Å². The fraction of sp³-hybridized carbons (Fsp3) is 0.583. The monoisotopic (exact) mass is 319 g/mol. The van der Waals surface area contributed by atoms with Crippen LogP contribution in [-0.4, -0.2) is 49.1 Å². The number of hydrogen-bond donors (Lipinski definition) is 1. The Labute approximate surface area is 122 Å². The molecule has 1 aliphatic rings. The molecule has 2 rings (SSSR count). The van der Waals surface area contributed by atoms with Gasteiger partial charge in [-0.05, 0) is 31.7 Å². The summed E-state index contributed by atoms with van der Waals surface area (Å²) in [4.78, 5) is 11.0. The molecule has 0 bridgehead atoms. The van der Waals surface area contributed by atoms with E-state index in [2.05, 4.69) is 0 Å². The summed E-state index contributed by atoms with van der Waals surface area (Å²) in [5.41, 5.74) is 0.471. The van der Waals surface area contributed by atoms with Crippen LogP contribution in [0.2, 0.25) is 0 Å². The van der Waals surface area contributed by atoms with E-state index in [1.54, 1.807) is 26.2 Å². The Bertz CT molecular complexity index is 612. The van der Waals surface area contributed by atoms with E-state index in [9.17, 15) is 13.2 Å². The van der Waals surface area contributed by atoms with Crippen LogP contribution in [-0.2, 0) is 14.8 Å². The number of carboxylic acid groups (broad SMARTS) is 1. The van der Waals surface area contributed by atoms with E-state index < -0.39 is 16.0 Å². The molecule has 112 valence electrons. The molecule has 2 heterocycles. The summed E-state index contributed by atoms with van der Waals surface area (Å²) in [6.45, 7) is 5.69. The number of carboxylic acids is 1. The Balaban J connectivity index is 2.45. The lowest BCUT2D eigenvalue weighted by atomic mass is 10.3. The largest absolute Gasteiger partial charge is 0.477 e. The van der Waals surface area contributed by atoms with Crippen LogP contribution < -0.4 is 0 Å². The van der Waals surface area contributed by atoms with Crippen molar-refractivity contribution in [3.63, 3.8) is 0 Å². The van der Waals surface area contributed by atoms with Gasteiger partial charge in [0.1, 0.15) is 9.77 Å². The van der Waals surface area contributed by atoms with Crippen LogP contribution in [0, 0.1) is 6.92 Å². The Hall–Kier alpha value is -0.960. The molecular weight excluding hydrogens is 302 g/mol. The lowest BCUT2D eigenvalue weighted by Gasteiger charge is -2.34. The molecule has 0 radical (unpaired) electrons. The SMILES string of the molecule is Cc1csc(C(=O)O)c1S(=O)(=O)N1CC(C)OC(C)C1. The van der Waals surface area contributed by atoms with Crippen molar-refractivity contribution in [3.05, 3.63) is 15.8 Å². The van der Waals surface area contributed by atoms with Crippen LogP contribution in [0.15, 0.2) is 10.3 Å². The van der Waals surface area contributed by atoms with Gasteiger partial charge in [-0.2, -0.15) is 4.31 Å². The Morgan fingerprint density at radius 1 is 1.40 bits per heavy atom. The molecule has 1 aliphatic heterocycles. The Kier molecular flexibility index (Phi) is 4.19. The van der Waals surface area contributed by atoms with Crippen molar-refractivity contribution >= 4 is 27.3 Å². The van der Waals surface area contributed by atoms with Crippen molar-refractivity contribution < 1.29 is 23.1 Å². The second-order valence-electron chi connectivity index (χ2n) is 4.96. The summed E-state index contributed by atoms with van der Waals surface area (Å²) >= 11 is 0.940. The third-order valence-corrected chi connectivity index (χ3v) is 6.33. The first-order valence-corrected chi connectivity index (χ1v) is 8.52. The fourth-order valence-electron chi connectivity index (χ4n) is 2.36. The Morgan fingerprint density at radius 2 is 1.95 bits per heavy atom. The third kappa shape index (κ3) is 2.73. The zero-order valence-corrected chi connectivity index (χ0v) is 13.1. The second-order valence-corrected chi connectivity index (χ2v) is 7.72. The van der Waals surface area contributed by atoms with Crippen LogP contribution in [0.4, 0.5) is 0 Å². The van der Waals surface area contributed by atoms with Crippen molar-refractivity contribution in [2.45, 2.75) is 37.9 Å². The molecule has 20 heavy (non-hydrogen) atoms. The van der Waals surface area contributed by atoms with Crippen molar-refractivity contribution in [2.75, 3.05) is 13.1 Å². The van der Waals surface area contributed by atoms with Gasteiger partial charge >= 0.3 is 5.97 Å². The van der Waals surface area contributed by atoms with Gasteiger partial charge in [-0.25, -0.2) is 13.2 Å². The van der Waals surface area contributed by atoms with Gasteiger partial charge < -0.3 is 9.84 Å². The number of aromatic carboxylic acids is 1. The minimum absolute atomic E-state index is 0.0868. The molecule has 2 atom stereocenters. The normalized spacial score (nSPS) is 24.8. The molecule has 0 aliphatic carbocycles. The number of ether oxygens (including phenoxy) is 1. The number of nitrogens with zero attached hydrogens (tertiary/aromatic N) is 1. The number of hydrogen-bond acceptors (Lipinski definition) is 5. The number of sulfonamides is 1. The maximum absolute atomic E-state index is 12.7. The van der Waals surface area contributed by atoms with E-state index in [1.807, 2.05) is 0 Å². The van der Waals surface area contributed by atoms with E-state index in [-0.39, 0.29) is 35.1 Å². The molecule has 1 aromatic rings. The van der Waals surface area contributed by atoms with E-state index in [0.717, 1.165) is 11.3 Å². The highest BCUT2D eigenvalue weighted by Crippen LogP contribution is 2.31. The molecular formula is C12H17NO5S2. The molecule has 1 aromatic heterocycles. The van der Waals surface area contributed by atoms with Crippen molar-refractivity contribution in [3.8, 4) is 0 Å². The van der Waals surface area contributed by atoms with Gasteiger partial charge in [0.25, 0.3) is 0 Å². The maximum atomic E-state index is 12.7. The zero-order valence-electron chi connectivity index (χ0n) is 11.5. The van der Waals surface area contributed by atoms with Crippen LogP contribution in [0.5, 0.6) is 0 Å². The molecule has 8 heteroatoms. The van der Waals surface area contributed by atoms with Gasteiger partial charge in [0.15, 0.2) is 0 Å². The average molecular weight is 319 g/mol. The highest BCUT2D eigenvalue weighted by atomic mass is 32.2. The third-order valence-electron chi connectivity index (χ3n) is 3.10. The van der Waals surface area contributed by atoms with Gasteiger partial charge in [-0.15, -0.1) is 11.3 Å². The maximum Gasteiger partial charge on any atom is 0.347 e. The highest BCUT2D eigenvalue weighted by molar-refractivity contribution is 7.89. The van der Waals surface area contributed by atoms with E-state index >= 15 is 0 Å². The smallest absolute Gasteiger partial charge is 0.347 e. The van der Waals surface area contributed by atoms with Crippen LogP contribution in [0.25, 0.3) is 0 Å². The topological polar surface area (TPSA) is 83.9 Å². The van der Waals surface area contributed by atoms with Crippen molar-refractivity contribution in [1.29, 1.82) is 0 Å². The minimum Gasteiger partial charge on any atom is -0.477 e. The average Bonchev–Trinajstić information content (AvgIpc) is 2.70. The summed E-state index contributed by atoms with van der Waals surface area (Å²) in [5.74, 6) is -1.21. The molecule has 0 amide bonds. The van der Waals surface area contributed by atoms with Crippen LogP contribution in [0.3, 0.4) is 0 Å². The lowest BCUT2D eigenvalue weighted by Crippen LogP contribution is -2.48. The van der Waals surface area contributed by atoms with Crippen LogP contribution in [0.1, 0.15) is 29.1 Å². The standard InChI is InChI=1S/C12H17NO5S2/c1-7-6-19-10(12(14)15)11(7)20(16,17)13-4-8(2)18-9(3)5-13/h6,8-9H,4-5H2,1-3H3,(H,14,15). The lowest BCUT2D eigenvalue weighted by molar-refractivity contribution is -0.0440. The Morgan fingerprint density at radius 3 is 2.45 bits per heavy atom. The predicted molar refractivity (Wildman–Crippen MR) is 74.8 cm³/mol. The summed E-state index contributed by atoms with van der Waals surface area (Å²) in [7, 11) is -3.81. The number of carbonyl (C=O) groups is 1. The summed E-state index contributed by atoms with van der Waals surface area (Å²) in [6.07, 6.45) is -0.415. The first kappa shape index (κ1) is 15.4. The molecule has 6 nitrogen and oxygen atoms in total. The van der Waals surface area contributed by atoms with Crippen molar-refractivity contribution in [2.24, 2.45) is 0 Å². The second kappa shape index (κ2) is 5.44. The van der Waals surface area contributed by atoms with Gasteiger partial charge in [-0.3, -0.25) is 0 Å². The van der Waals surface area contributed by atoms with Gasteiger partial charge in [0.05, 0.1) is 12.2 Å². The van der Waals surface area contributed by atoms with Gasteiger partial charge in [0, 0.05) is 13.1 Å². The van der Waals surface area contributed by atoms with Gasteiger partial charge in [-0.1, -0.05) is 0 Å². The molecule has 0 aromatic carbocycles. The fourth-order valence-corrected chi connectivity index (χ4v) is 5.53. The van der Waals surface area contributed by atoms with Gasteiger partial charge in [0.2, 0.25) is 10.0 Å². The summed E-state index contributed by atoms with van der Waals surface area (Å²) in [5, 5.41) is 10.7. The summed E-state index contributed by atoms with van der Waals surface area (Å²) in [6, 6.07) is 0. The highest BCUT2D eigenvalue weighted by Gasteiger charge is 2.36. The number of morpholine rings is 1. The zero-order chi connectivity index (χ0) is 15.1. The molecule has 1 fully saturated rings. The molecule has 1 saturated heterocycles. The number of rotatable bonds is 3. The minimum atomic E-state index is -3.81. The van der Waals surface area contributed by atoms with Crippen molar-refractivity contribution in [1.82, 2.24) is 4.31 Å². The molecule has 0 saturated carbocycles. The molecule has 1 N–H and O–H groups in total. The predicted octanol–water partition coefficient (Wildman–Crippen LogP) is 1.55. The van der Waals surface area contributed by atoms with Crippen LogP contribution >= 0.6 is 11.3 Å².